The number of benzene rings is 4. The van der Waals surface area contributed by atoms with Gasteiger partial charge >= 0.3 is 5.97 Å². The van der Waals surface area contributed by atoms with E-state index in [4.69, 9.17) is 31.5 Å². The highest BCUT2D eigenvalue weighted by atomic mass is 35.5. The van der Waals surface area contributed by atoms with Crippen LogP contribution in [0.15, 0.2) is 102 Å². The number of nitrogens with zero attached hydrogens (tertiary/aromatic N) is 1. The summed E-state index contributed by atoms with van der Waals surface area (Å²) < 4.78 is 31.0. The highest BCUT2D eigenvalue weighted by Gasteiger charge is 2.31. The van der Waals surface area contributed by atoms with Gasteiger partial charge in [0.15, 0.2) is 0 Å². The Balaban J connectivity index is 1.42. The third-order valence-corrected chi connectivity index (χ3v) is 6.26. The molecule has 1 aliphatic rings. The van der Waals surface area contributed by atoms with Crippen molar-refractivity contribution in [3.8, 4) is 23.3 Å². The summed E-state index contributed by atoms with van der Waals surface area (Å²) in [7, 11) is 0. The molecular weight excluding hydrogens is 507 g/mol. The molecular formula is C30H20ClFN2O4. The van der Waals surface area contributed by atoms with Crippen LogP contribution in [0.1, 0.15) is 33.0 Å². The summed E-state index contributed by atoms with van der Waals surface area (Å²) in [6.07, 6.45) is 0. The summed E-state index contributed by atoms with van der Waals surface area (Å²) >= 11 is 5.95. The van der Waals surface area contributed by atoms with Gasteiger partial charge in [-0.1, -0.05) is 54.1 Å². The molecule has 4 aromatic rings. The van der Waals surface area contributed by atoms with Crippen LogP contribution in [0.4, 0.5) is 4.39 Å². The highest BCUT2D eigenvalue weighted by Crippen LogP contribution is 2.44. The van der Waals surface area contributed by atoms with Gasteiger partial charge in [0.05, 0.1) is 11.5 Å². The minimum absolute atomic E-state index is 0.0601. The van der Waals surface area contributed by atoms with Crippen molar-refractivity contribution in [2.24, 2.45) is 5.73 Å². The number of carbonyl (C=O) groups excluding carboxylic acids is 1. The topological polar surface area (TPSA) is 94.6 Å². The molecule has 38 heavy (non-hydrogen) atoms. The standard InChI is InChI=1S/C30H20ClFN2O4/c31-20-10-8-18(9-11-20)17-36-21-5-3-4-19(14-21)28-24-13-12-22(15-27(24)38-29(34)25(28)16-33)37-30(35)23-6-1-2-7-26(23)32/h1-15,28H,17,34H2. The Morgan fingerprint density at radius 3 is 2.55 bits per heavy atom. The third-order valence-electron chi connectivity index (χ3n) is 6.01. The van der Waals surface area contributed by atoms with E-state index >= 15 is 0 Å². The molecule has 0 bridgehead atoms. The Morgan fingerprint density at radius 2 is 1.79 bits per heavy atom. The van der Waals surface area contributed by atoms with Crippen molar-refractivity contribution in [1.82, 2.24) is 0 Å². The van der Waals surface area contributed by atoms with Gasteiger partial charge in [0.1, 0.15) is 41.3 Å². The molecule has 8 heteroatoms. The van der Waals surface area contributed by atoms with Crippen molar-refractivity contribution >= 4 is 17.6 Å². The van der Waals surface area contributed by atoms with Crippen LogP contribution in [0.25, 0.3) is 0 Å². The number of fused-ring (bicyclic) bond motifs is 1. The number of rotatable bonds is 6. The predicted molar refractivity (Wildman–Crippen MR) is 139 cm³/mol. The lowest BCUT2D eigenvalue weighted by Gasteiger charge is -2.27. The molecule has 0 fully saturated rings. The Labute approximate surface area is 223 Å². The number of hydrogen-bond acceptors (Lipinski definition) is 6. The van der Waals surface area contributed by atoms with E-state index in [1.165, 1.54) is 24.3 Å². The summed E-state index contributed by atoms with van der Waals surface area (Å²) in [5, 5.41) is 10.5. The van der Waals surface area contributed by atoms with Crippen LogP contribution in [0, 0.1) is 17.1 Å². The monoisotopic (exact) mass is 526 g/mol. The van der Waals surface area contributed by atoms with Crippen molar-refractivity contribution in [2.45, 2.75) is 12.5 Å². The first kappa shape index (κ1) is 24.9. The number of nitriles is 1. The molecule has 1 atom stereocenters. The maximum atomic E-state index is 14.0. The molecule has 1 aliphatic heterocycles. The number of nitrogens with two attached hydrogens (primary N) is 1. The van der Waals surface area contributed by atoms with Crippen LogP contribution in [-0.4, -0.2) is 5.97 Å². The van der Waals surface area contributed by atoms with E-state index in [1.54, 1.807) is 30.3 Å². The average molecular weight is 527 g/mol. The number of halogens is 2. The minimum atomic E-state index is -0.845. The number of esters is 1. The van der Waals surface area contributed by atoms with E-state index in [-0.39, 0.29) is 22.8 Å². The number of carbonyl (C=O) groups is 1. The molecule has 4 aromatic carbocycles. The van der Waals surface area contributed by atoms with Gasteiger partial charge in [-0.25, -0.2) is 9.18 Å². The molecule has 0 amide bonds. The first-order valence-electron chi connectivity index (χ1n) is 11.6. The fourth-order valence-corrected chi connectivity index (χ4v) is 4.29. The van der Waals surface area contributed by atoms with Gasteiger partial charge in [0.2, 0.25) is 5.88 Å². The van der Waals surface area contributed by atoms with E-state index in [0.717, 1.165) is 11.1 Å². The summed E-state index contributed by atoms with van der Waals surface area (Å²) in [4.78, 5) is 12.5. The fraction of sp³-hybridized carbons (Fsp3) is 0.0667. The van der Waals surface area contributed by atoms with Crippen molar-refractivity contribution in [2.75, 3.05) is 0 Å². The molecule has 188 valence electrons. The molecule has 2 N–H and O–H groups in total. The molecule has 1 unspecified atom stereocenters. The van der Waals surface area contributed by atoms with Gasteiger partial charge in [0.25, 0.3) is 0 Å². The maximum Gasteiger partial charge on any atom is 0.346 e. The maximum absolute atomic E-state index is 14.0. The lowest BCUT2D eigenvalue weighted by Crippen LogP contribution is -2.21. The van der Waals surface area contributed by atoms with Gasteiger partial charge in [0, 0.05) is 16.7 Å². The second-order valence-corrected chi connectivity index (χ2v) is 8.92. The third kappa shape index (κ3) is 5.17. The number of ether oxygens (including phenoxy) is 3. The Morgan fingerprint density at radius 1 is 1.00 bits per heavy atom. The molecule has 0 radical (unpaired) electrons. The molecule has 0 aromatic heterocycles. The lowest BCUT2D eigenvalue weighted by molar-refractivity contribution is 0.0729. The second-order valence-electron chi connectivity index (χ2n) is 8.48. The predicted octanol–water partition coefficient (Wildman–Crippen LogP) is 6.50. The SMILES string of the molecule is N#CC1=C(N)Oc2cc(OC(=O)c3ccccc3F)ccc2C1c1cccc(OCc2ccc(Cl)cc2)c1. The van der Waals surface area contributed by atoms with Gasteiger partial charge in [-0.2, -0.15) is 5.26 Å². The van der Waals surface area contributed by atoms with Crippen LogP contribution in [0.5, 0.6) is 17.2 Å². The van der Waals surface area contributed by atoms with Crippen LogP contribution < -0.4 is 19.9 Å². The number of hydrogen-bond donors (Lipinski definition) is 1. The quantitative estimate of drug-likeness (QED) is 0.228. The first-order valence-corrected chi connectivity index (χ1v) is 12.0. The molecule has 0 aliphatic carbocycles. The lowest BCUT2D eigenvalue weighted by atomic mass is 9.83. The fourth-order valence-electron chi connectivity index (χ4n) is 4.16. The van der Waals surface area contributed by atoms with Crippen molar-refractivity contribution in [3.05, 3.63) is 136 Å². The summed E-state index contributed by atoms with van der Waals surface area (Å²) in [6.45, 7) is 0.338. The molecule has 0 spiro atoms. The largest absolute Gasteiger partial charge is 0.489 e. The first-order chi connectivity index (χ1) is 18.4. The van der Waals surface area contributed by atoms with E-state index in [1.807, 2.05) is 36.4 Å². The van der Waals surface area contributed by atoms with E-state index in [2.05, 4.69) is 6.07 Å². The summed E-state index contributed by atoms with van der Waals surface area (Å²) in [5.41, 5.74) is 8.53. The van der Waals surface area contributed by atoms with Crippen LogP contribution in [0.3, 0.4) is 0 Å². The zero-order valence-corrected chi connectivity index (χ0v) is 20.6. The Bertz CT molecular complexity index is 1590. The van der Waals surface area contributed by atoms with Crippen molar-refractivity contribution in [1.29, 1.82) is 5.26 Å². The smallest absolute Gasteiger partial charge is 0.346 e. The highest BCUT2D eigenvalue weighted by molar-refractivity contribution is 6.30. The second kappa shape index (κ2) is 10.7. The van der Waals surface area contributed by atoms with Crippen molar-refractivity contribution < 1.29 is 23.4 Å². The summed E-state index contributed by atoms with van der Waals surface area (Å²) in [5.74, 6) is -1.06. The number of allylic oxidation sites excluding steroid dienone is 1. The minimum Gasteiger partial charge on any atom is -0.489 e. The van der Waals surface area contributed by atoms with Crippen LogP contribution >= 0.6 is 11.6 Å². The van der Waals surface area contributed by atoms with Gasteiger partial charge < -0.3 is 19.9 Å². The summed E-state index contributed by atoms with van der Waals surface area (Å²) in [6, 6.07) is 27.2. The Hall–Kier alpha value is -4.80. The molecule has 6 nitrogen and oxygen atoms in total. The van der Waals surface area contributed by atoms with Gasteiger partial charge in [-0.05, 0) is 53.6 Å². The average Bonchev–Trinajstić information content (AvgIpc) is 2.92. The molecule has 5 rings (SSSR count). The van der Waals surface area contributed by atoms with Crippen LogP contribution in [-0.2, 0) is 6.61 Å². The molecule has 0 saturated heterocycles. The molecule has 1 heterocycles. The van der Waals surface area contributed by atoms with Crippen LogP contribution in [0.2, 0.25) is 5.02 Å². The molecule has 0 saturated carbocycles. The normalized spacial score (nSPS) is 14.2. The van der Waals surface area contributed by atoms with E-state index in [0.29, 0.717) is 28.7 Å². The van der Waals surface area contributed by atoms with E-state index < -0.39 is 17.7 Å². The Kier molecular flexibility index (Phi) is 6.98. The zero-order valence-electron chi connectivity index (χ0n) is 19.9. The van der Waals surface area contributed by atoms with E-state index in [9.17, 15) is 14.4 Å². The van der Waals surface area contributed by atoms with Gasteiger partial charge in [-0.3, -0.25) is 0 Å². The van der Waals surface area contributed by atoms with Crippen molar-refractivity contribution in [3.63, 3.8) is 0 Å². The van der Waals surface area contributed by atoms with Gasteiger partial charge in [-0.15, -0.1) is 0 Å². The zero-order chi connectivity index (χ0) is 26.6.